The van der Waals surface area contributed by atoms with Crippen LogP contribution in [-0.2, 0) is 19.4 Å². The summed E-state index contributed by atoms with van der Waals surface area (Å²) in [5.41, 5.74) is 2.94. The molecule has 23 heavy (non-hydrogen) atoms. The Hall–Kier alpha value is -1.44. The monoisotopic (exact) mass is 402 g/mol. The number of nitrogens with zero attached hydrogens (tertiary/aromatic N) is 1. The van der Waals surface area contributed by atoms with E-state index in [0.29, 0.717) is 30.8 Å². The Bertz CT molecular complexity index is 707. The number of carbonyl (C=O) groups excluding carboxylic acids is 1. The molecule has 0 aliphatic carbocycles. The molecule has 2 aromatic rings. The van der Waals surface area contributed by atoms with Gasteiger partial charge in [0.1, 0.15) is 5.82 Å². The second-order valence-electron chi connectivity index (χ2n) is 5.20. The number of aromatic nitrogens is 2. The third kappa shape index (κ3) is 4.10. The minimum atomic E-state index is -0.265. The number of nitrogens with one attached hydrogen (secondary N) is 3. The van der Waals surface area contributed by atoms with E-state index in [1.54, 1.807) is 12.1 Å². The van der Waals surface area contributed by atoms with E-state index in [2.05, 4.69) is 36.8 Å². The average molecular weight is 404 g/mol. The lowest BCUT2D eigenvalue weighted by molar-refractivity contribution is 0.0948. The van der Waals surface area contributed by atoms with Crippen molar-refractivity contribution in [3.63, 3.8) is 0 Å². The summed E-state index contributed by atoms with van der Waals surface area (Å²) in [6, 6.07) is 4.79. The molecule has 0 fully saturated rings. The number of carbonyl (C=O) groups is 1. The Morgan fingerprint density at radius 2 is 2.26 bits per heavy atom. The summed E-state index contributed by atoms with van der Waals surface area (Å²) in [4.78, 5) is 12.2. The van der Waals surface area contributed by atoms with Crippen LogP contribution in [0.2, 0.25) is 0 Å². The van der Waals surface area contributed by atoms with Crippen LogP contribution in [-0.4, -0.2) is 29.2 Å². The number of halogens is 3. The molecule has 1 aliphatic heterocycles. The predicted octanol–water partition coefficient (Wildman–Crippen LogP) is 2.35. The van der Waals surface area contributed by atoms with Gasteiger partial charge in [-0.25, -0.2) is 4.39 Å². The minimum Gasteiger partial charge on any atom is -0.350 e. The van der Waals surface area contributed by atoms with Crippen LogP contribution in [0, 0.1) is 5.82 Å². The van der Waals surface area contributed by atoms with Crippen LogP contribution in [0.4, 0.5) is 4.39 Å². The van der Waals surface area contributed by atoms with Crippen molar-refractivity contribution in [2.24, 2.45) is 0 Å². The Morgan fingerprint density at radius 3 is 3.09 bits per heavy atom. The van der Waals surface area contributed by atoms with Gasteiger partial charge in [0, 0.05) is 41.8 Å². The highest BCUT2D eigenvalue weighted by molar-refractivity contribution is 9.10. The fraction of sp³-hybridized carbons (Fsp3) is 0.333. The zero-order valence-corrected chi connectivity index (χ0v) is 14.7. The molecule has 0 spiro atoms. The number of fused-ring (bicyclic) bond motifs is 1. The summed E-state index contributed by atoms with van der Waals surface area (Å²) in [6.45, 7) is 1.90. The van der Waals surface area contributed by atoms with Crippen molar-refractivity contribution in [3.05, 3.63) is 51.0 Å². The summed E-state index contributed by atoms with van der Waals surface area (Å²) in [5.74, 6) is -0.490. The third-order valence-corrected chi connectivity index (χ3v) is 4.20. The Labute approximate surface area is 148 Å². The lowest BCUT2D eigenvalue weighted by Gasteiger charge is -2.13. The largest absolute Gasteiger partial charge is 0.350 e. The molecule has 8 heteroatoms. The van der Waals surface area contributed by atoms with E-state index >= 15 is 0 Å². The molecule has 1 amide bonds. The van der Waals surface area contributed by atoms with Crippen LogP contribution in [0.1, 0.15) is 27.3 Å². The zero-order valence-electron chi connectivity index (χ0n) is 12.3. The first-order valence-corrected chi connectivity index (χ1v) is 7.93. The fourth-order valence-corrected chi connectivity index (χ4v) is 2.95. The number of benzene rings is 1. The van der Waals surface area contributed by atoms with Crippen molar-refractivity contribution < 1.29 is 9.18 Å². The summed E-state index contributed by atoms with van der Waals surface area (Å²) >= 11 is 3.31. The van der Waals surface area contributed by atoms with E-state index in [9.17, 15) is 9.18 Å². The fourth-order valence-electron chi connectivity index (χ4n) is 2.54. The van der Waals surface area contributed by atoms with E-state index in [4.69, 9.17) is 0 Å². The summed E-state index contributed by atoms with van der Waals surface area (Å²) in [5, 5.41) is 13.0. The van der Waals surface area contributed by atoms with E-state index < -0.39 is 0 Å². The van der Waals surface area contributed by atoms with Gasteiger partial charge in [-0.1, -0.05) is 15.9 Å². The molecule has 0 radical (unpaired) electrons. The molecule has 0 unspecified atom stereocenters. The van der Waals surface area contributed by atoms with Gasteiger partial charge in [-0.05, 0) is 30.2 Å². The summed E-state index contributed by atoms with van der Waals surface area (Å²) in [7, 11) is 0. The maximum Gasteiger partial charge on any atom is 0.272 e. The lowest BCUT2D eigenvalue weighted by Crippen LogP contribution is -2.29. The second kappa shape index (κ2) is 7.90. The second-order valence-corrected chi connectivity index (χ2v) is 6.11. The van der Waals surface area contributed by atoms with Crippen LogP contribution < -0.4 is 10.6 Å². The zero-order chi connectivity index (χ0) is 15.5. The van der Waals surface area contributed by atoms with Crippen LogP contribution in [0.15, 0.2) is 22.7 Å². The van der Waals surface area contributed by atoms with Gasteiger partial charge in [0.2, 0.25) is 0 Å². The highest BCUT2D eigenvalue weighted by Gasteiger charge is 2.21. The molecule has 3 rings (SSSR count). The third-order valence-electron chi connectivity index (χ3n) is 3.71. The van der Waals surface area contributed by atoms with Crippen LogP contribution in [0.3, 0.4) is 0 Å². The van der Waals surface area contributed by atoms with Crippen molar-refractivity contribution >= 4 is 34.2 Å². The first-order valence-electron chi connectivity index (χ1n) is 7.14. The molecule has 1 aromatic carbocycles. The molecule has 0 saturated heterocycles. The van der Waals surface area contributed by atoms with Crippen LogP contribution >= 0.6 is 28.3 Å². The molecule has 3 N–H and O–H groups in total. The van der Waals surface area contributed by atoms with Gasteiger partial charge >= 0.3 is 0 Å². The SMILES string of the molecule is Cl.O=C(NCCc1cc(Br)ccc1F)c1n[nH]c2c1CNCC2. The molecule has 1 aliphatic rings. The number of rotatable bonds is 4. The first-order chi connectivity index (χ1) is 10.6. The molecule has 5 nitrogen and oxygen atoms in total. The Balaban J connectivity index is 0.00000192. The van der Waals surface area contributed by atoms with Crippen molar-refractivity contribution in [3.8, 4) is 0 Å². The van der Waals surface area contributed by atoms with Crippen molar-refractivity contribution in [1.82, 2.24) is 20.8 Å². The quantitative estimate of drug-likeness (QED) is 0.734. The number of hydrogen-bond donors (Lipinski definition) is 3. The normalized spacial score (nSPS) is 13.1. The maximum absolute atomic E-state index is 13.6. The molecule has 0 bridgehead atoms. The van der Waals surface area contributed by atoms with Gasteiger partial charge in [0.25, 0.3) is 5.91 Å². The van der Waals surface area contributed by atoms with Gasteiger partial charge in [0.05, 0.1) is 0 Å². The van der Waals surface area contributed by atoms with E-state index in [0.717, 1.165) is 28.7 Å². The van der Waals surface area contributed by atoms with Gasteiger partial charge in [0.15, 0.2) is 5.69 Å². The molecule has 124 valence electrons. The molecule has 0 atom stereocenters. The molecule has 0 saturated carbocycles. The summed E-state index contributed by atoms with van der Waals surface area (Å²) in [6.07, 6.45) is 1.28. The van der Waals surface area contributed by atoms with Crippen molar-refractivity contribution in [1.29, 1.82) is 0 Å². The van der Waals surface area contributed by atoms with Gasteiger partial charge in [-0.15, -0.1) is 12.4 Å². The number of hydrogen-bond acceptors (Lipinski definition) is 3. The van der Waals surface area contributed by atoms with Crippen LogP contribution in [0.5, 0.6) is 0 Å². The van der Waals surface area contributed by atoms with E-state index in [1.165, 1.54) is 6.07 Å². The Morgan fingerprint density at radius 1 is 1.43 bits per heavy atom. The van der Waals surface area contributed by atoms with E-state index in [-0.39, 0.29) is 24.1 Å². The van der Waals surface area contributed by atoms with Gasteiger partial charge in [-0.3, -0.25) is 9.89 Å². The molecular formula is C15H17BrClFN4O. The van der Waals surface area contributed by atoms with E-state index in [1.807, 2.05) is 0 Å². The topological polar surface area (TPSA) is 69.8 Å². The number of amides is 1. The standard InChI is InChI=1S/C15H16BrFN4O.ClH/c16-10-1-2-12(17)9(7-10)3-6-19-15(22)14-11-8-18-5-4-13(11)20-21-14;/h1-2,7,18H,3-6,8H2,(H,19,22)(H,20,21);1H. The number of H-pyrrole nitrogens is 1. The first kappa shape index (κ1) is 17.9. The lowest BCUT2D eigenvalue weighted by atomic mass is 10.1. The Kier molecular flexibility index (Phi) is 6.15. The van der Waals surface area contributed by atoms with Crippen molar-refractivity contribution in [2.45, 2.75) is 19.4 Å². The highest BCUT2D eigenvalue weighted by Crippen LogP contribution is 2.17. The highest BCUT2D eigenvalue weighted by atomic mass is 79.9. The summed E-state index contributed by atoms with van der Waals surface area (Å²) < 4.78 is 14.5. The van der Waals surface area contributed by atoms with Gasteiger partial charge < -0.3 is 10.6 Å². The van der Waals surface area contributed by atoms with Crippen LogP contribution in [0.25, 0.3) is 0 Å². The number of aromatic amines is 1. The molecule has 2 heterocycles. The molecule has 1 aromatic heterocycles. The van der Waals surface area contributed by atoms with Gasteiger partial charge in [-0.2, -0.15) is 5.10 Å². The smallest absolute Gasteiger partial charge is 0.272 e. The molecular weight excluding hydrogens is 387 g/mol. The van der Waals surface area contributed by atoms with Crippen molar-refractivity contribution in [2.75, 3.05) is 13.1 Å². The minimum absolute atomic E-state index is 0. The average Bonchev–Trinajstić information content (AvgIpc) is 2.94. The maximum atomic E-state index is 13.6. The predicted molar refractivity (Wildman–Crippen MR) is 91.4 cm³/mol.